The van der Waals surface area contributed by atoms with Crippen LogP contribution in [0.25, 0.3) is 0 Å². The Labute approximate surface area is 313 Å². The molecule has 52 heavy (non-hydrogen) atoms. The van der Waals surface area contributed by atoms with Crippen molar-refractivity contribution in [1.82, 2.24) is 4.90 Å². The first-order valence-electron chi connectivity index (χ1n) is 19.1. The van der Waals surface area contributed by atoms with E-state index in [9.17, 15) is 29.0 Å². The van der Waals surface area contributed by atoms with E-state index in [4.69, 9.17) is 16.3 Å². The lowest BCUT2D eigenvalue weighted by Crippen LogP contribution is -2.60. The second-order valence-corrected chi connectivity index (χ2v) is 17.6. The highest BCUT2D eigenvalue weighted by Crippen LogP contribution is 2.66. The molecule has 4 aliphatic carbocycles. The molecule has 9 heteroatoms. The van der Waals surface area contributed by atoms with E-state index in [2.05, 4.69) is 19.9 Å². The van der Waals surface area contributed by atoms with Gasteiger partial charge in [0, 0.05) is 39.9 Å². The molecule has 6 atom stereocenters. The molecule has 3 fully saturated rings. The first-order valence-corrected chi connectivity index (χ1v) is 19.5. The molecule has 1 amide bonds. The predicted molar refractivity (Wildman–Crippen MR) is 200 cm³/mol. The molecule has 0 unspecified atom stereocenters. The highest BCUT2D eigenvalue weighted by atomic mass is 35.5. The van der Waals surface area contributed by atoms with Gasteiger partial charge in [-0.15, -0.1) is 0 Å². The van der Waals surface area contributed by atoms with Crippen LogP contribution in [0.5, 0.6) is 0 Å². The molecule has 4 bridgehead atoms. The van der Waals surface area contributed by atoms with Crippen LogP contribution >= 0.6 is 11.6 Å². The highest BCUT2D eigenvalue weighted by molar-refractivity contribution is 6.31. The normalized spacial score (nSPS) is 32.6. The Hall–Kier alpha value is -3.07. The molecule has 2 aromatic carbocycles. The van der Waals surface area contributed by atoms with E-state index in [0.717, 1.165) is 17.5 Å². The number of ether oxygens (including phenoxy) is 1. The molecule has 2 aromatic rings. The maximum atomic E-state index is 15.0. The number of benzene rings is 2. The molecule has 282 valence electrons. The van der Waals surface area contributed by atoms with E-state index >= 15 is 0 Å². The van der Waals surface area contributed by atoms with Crippen LogP contribution in [0.2, 0.25) is 5.02 Å². The quantitative estimate of drug-likeness (QED) is 0.161. The molecular formula is C43H55ClFNO6. The van der Waals surface area contributed by atoms with Gasteiger partial charge in [0.25, 0.3) is 5.91 Å². The van der Waals surface area contributed by atoms with Gasteiger partial charge >= 0.3 is 5.97 Å². The van der Waals surface area contributed by atoms with Gasteiger partial charge in [0.05, 0.1) is 23.7 Å². The van der Waals surface area contributed by atoms with Gasteiger partial charge in [0.15, 0.2) is 11.4 Å². The van der Waals surface area contributed by atoms with Gasteiger partial charge in [-0.05, 0) is 113 Å². The monoisotopic (exact) mass is 735 g/mol. The van der Waals surface area contributed by atoms with E-state index in [1.807, 2.05) is 45.9 Å². The average Bonchev–Trinajstić information content (AvgIpc) is 3.52. The molecule has 1 heterocycles. The second-order valence-electron chi connectivity index (χ2n) is 17.1. The molecule has 0 aromatic heterocycles. The van der Waals surface area contributed by atoms with Crippen molar-refractivity contribution >= 4 is 29.3 Å². The molecule has 2 saturated carbocycles. The summed E-state index contributed by atoms with van der Waals surface area (Å²) < 4.78 is 21.0. The zero-order valence-electron chi connectivity index (χ0n) is 31.6. The van der Waals surface area contributed by atoms with Crippen molar-refractivity contribution in [1.29, 1.82) is 0 Å². The summed E-state index contributed by atoms with van der Waals surface area (Å²) in [6, 6.07) is 10.1. The topological polar surface area (TPSA) is 104 Å². The van der Waals surface area contributed by atoms with Crippen LogP contribution in [0.1, 0.15) is 132 Å². The van der Waals surface area contributed by atoms with Crippen LogP contribution in [-0.4, -0.2) is 63.2 Å². The number of rotatable bonds is 8. The molecular weight excluding hydrogens is 681 g/mol. The third-order valence-corrected chi connectivity index (χ3v) is 14.4. The van der Waals surface area contributed by atoms with Crippen LogP contribution in [0.15, 0.2) is 48.0 Å². The number of carbonyl (C=O) groups is 3. The molecule has 7 rings (SSSR count). The van der Waals surface area contributed by atoms with Crippen molar-refractivity contribution in [3.05, 3.63) is 81.1 Å². The number of allylic oxidation sites excluding steroid dienone is 2. The lowest BCUT2D eigenvalue weighted by Gasteiger charge is -2.47. The Morgan fingerprint density at radius 2 is 1.81 bits per heavy atom. The molecule has 5 aliphatic rings. The molecule has 0 radical (unpaired) electrons. The van der Waals surface area contributed by atoms with Crippen LogP contribution in [0.3, 0.4) is 0 Å². The lowest BCUT2D eigenvalue weighted by molar-refractivity contribution is -0.177. The fourth-order valence-corrected chi connectivity index (χ4v) is 10.2. The number of aliphatic hydroxyl groups excluding tert-OH is 1. The maximum Gasteiger partial charge on any atom is 0.313 e. The number of hydrogen-bond acceptors (Lipinski definition) is 6. The first-order chi connectivity index (χ1) is 24.4. The average molecular weight is 736 g/mol. The summed E-state index contributed by atoms with van der Waals surface area (Å²) >= 11 is 6.38. The summed E-state index contributed by atoms with van der Waals surface area (Å²) in [5.41, 5.74) is -1.55. The van der Waals surface area contributed by atoms with Crippen LogP contribution < -0.4 is 0 Å². The first kappa shape index (κ1) is 38.6. The predicted octanol–water partition coefficient (Wildman–Crippen LogP) is 8.30. The summed E-state index contributed by atoms with van der Waals surface area (Å²) in [6.45, 7) is 12.4. The number of halogens is 2. The molecule has 1 saturated heterocycles. The van der Waals surface area contributed by atoms with Gasteiger partial charge in [-0.1, -0.05) is 69.1 Å². The van der Waals surface area contributed by atoms with E-state index in [1.165, 1.54) is 17.7 Å². The summed E-state index contributed by atoms with van der Waals surface area (Å²) in [5.74, 6) is -1.67. The Kier molecular flexibility index (Phi) is 10.4. The summed E-state index contributed by atoms with van der Waals surface area (Å²) in [7, 11) is 0. The number of esters is 1. The van der Waals surface area contributed by atoms with Gasteiger partial charge in [0.2, 0.25) is 0 Å². The van der Waals surface area contributed by atoms with Gasteiger partial charge in [-0.25, -0.2) is 4.39 Å². The molecule has 7 nitrogen and oxygen atoms in total. The fourth-order valence-electron chi connectivity index (χ4n) is 10.0. The number of Topliss-reactive ketones (excluding diaryl/α,β-unsaturated/α-hetero) is 1. The molecule has 0 spiro atoms. The maximum absolute atomic E-state index is 15.0. The van der Waals surface area contributed by atoms with Gasteiger partial charge in [0.1, 0.15) is 5.82 Å². The van der Waals surface area contributed by atoms with Crippen molar-refractivity contribution < 1.29 is 33.7 Å². The van der Waals surface area contributed by atoms with Crippen molar-refractivity contribution in [3.8, 4) is 0 Å². The van der Waals surface area contributed by atoms with Crippen LogP contribution in [0, 0.1) is 22.1 Å². The minimum atomic E-state index is -1.34. The van der Waals surface area contributed by atoms with Crippen molar-refractivity contribution in [3.63, 3.8) is 0 Å². The Morgan fingerprint density at radius 1 is 1.06 bits per heavy atom. The lowest BCUT2D eigenvalue weighted by atomic mass is 9.64. The van der Waals surface area contributed by atoms with Gasteiger partial charge in [-0.2, -0.15) is 0 Å². The van der Waals surface area contributed by atoms with E-state index in [-0.39, 0.29) is 47.1 Å². The number of fused-ring (bicyclic) bond motifs is 10. The third kappa shape index (κ3) is 6.14. The zero-order chi connectivity index (χ0) is 37.9. The Morgan fingerprint density at radius 3 is 2.46 bits per heavy atom. The standard InChI is InChI=1S/C43H55ClFNO6/c1-7-22-46(37(49)43-21-20-41(6,38(50)52-43)39(43,3)4)26-42(51)19-17-33-30-16-14-28(23-29(47)15-13-27(2)10-9-18-40(33,42)5)24-31(30)36(48)25-32-34(44)11-8-12-35(32)45/h8,10-12,14,16,24,29,33,47,51H,7,9,13,15,17-23,25-26H2,1-6H3/t29-,33-,40-,41-,42+,43+/m0/s1. The Bertz CT molecular complexity index is 1770. The molecule has 2 N–H and O–H groups in total. The summed E-state index contributed by atoms with van der Waals surface area (Å²) in [4.78, 5) is 43.9. The number of carbonyl (C=O) groups excluding carboxylic acids is 3. The number of aliphatic hydroxyl groups is 2. The van der Waals surface area contributed by atoms with Gasteiger partial charge in [-0.3, -0.25) is 14.4 Å². The van der Waals surface area contributed by atoms with Crippen LogP contribution in [-0.2, 0) is 27.2 Å². The highest BCUT2D eigenvalue weighted by Gasteiger charge is 2.76. The zero-order valence-corrected chi connectivity index (χ0v) is 32.4. The van der Waals surface area contributed by atoms with Gasteiger partial charge < -0.3 is 19.8 Å². The fraction of sp³-hybridized carbons (Fsp3) is 0.605. The second kappa shape index (κ2) is 14.0. The molecule has 1 aliphatic heterocycles. The largest absolute Gasteiger partial charge is 0.448 e. The number of nitrogens with zero attached hydrogens (tertiary/aromatic N) is 1. The van der Waals surface area contributed by atoms with Crippen molar-refractivity contribution in [2.24, 2.45) is 16.2 Å². The minimum absolute atomic E-state index is 0.0693. The van der Waals surface area contributed by atoms with Crippen molar-refractivity contribution in [2.45, 2.75) is 135 Å². The van der Waals surface area contributed by atoms with E-state index < -0.39 is 39.4 Å². The van der Waals surface area contributed by atoms with Crippen LogP contribution in [0.4, 0.5) is 4.39 Å². The SMILES string of the molecule is CCCN(C[C@]1(O)CC[C@H]2c3ccc(cc3C(=O)Cc3c(F)cccc3Cl)C[C@@H](O)CCC(C)=CCC[C@@]21C)C(=O)[C@@]12CC[C@@](C)(C(=O)O1)C2(C)C. The summed E-state index contributed by atoms with van der Waals surface area (Å²) in [5, 5.41) is 24.2. The number of hydrogen-bond donors (Lipinski definition) is 2. The van der Waals surface area contributed by atoms with E-state index in [0.29, 0.717) is 69.9 Å². The Balaban J connectivity index is 1.41. The van der Waals surface area contributed by atoms with Crippen molar-refractivity contribution in [2.75, 3.05) is 13.1 Å². The van der Waals surface area contributed by atoms with E-state index in [1.54, 1.807) is 11.0 Å². The smallest absolute Gasteiger partial charge is 0.313 e. The number of amides is 1. The summed E-state index contributed by atoms with van der Waals surface area (Å²) in [6.07, 6.45) is 6.91. The minimum Gasteiger partial charge on any atom is -0.448 e. The number of ketones is 1. The third-order valence-electron chi connectivity index (χ3n) is 14.0.